The third kappa shape index (κ3) is 3.20. The molecule has 2 heterocycles. The van der Waals surface area contributed by atoms with Crippen LogP contribution in [-0.2, 0) is 6.42 Å². The Morgan fingerprint density at radius 1 is 1.24 bits per heavy atom. The zero-order valence-corrected chi connectivity index (χ0v) is 12.2. The monoisotopic (exact) mass is 297 g/mol. The van der Waals surface area contributed by atoms with Gasteiger partial charge in [-0.3, -0.25) is 4.79 Å². The van der Waals surface area contributed by atoms with Crippen LogP contribution in [0.3, 0.4) is 0 Å². The summed E-state index contributed by atoms with van der Waals surface area (Å²) in [4.78, 5) is 20.2. The number of rotatable bonds is 5. The first-order chi connectivity index (χ1) is 10.3. The van der Waals surface area contributed by atoms with Crippen molar-refractivity contribution < 1.29 is 4.79 Å². The SMILES string of the molecule is O=C(NCCc1ncc[nH]1)c1sccc1-c1ccccc1. The first kappa shape index (κ1) is 13.6. The Labute approximate surface area is 126 Å². The number of imidazole rings is 1. The van der Waals surface area contributed by atoms with Gasteiger partial charge in [-0.05, 0) is 17.0 Å². The summed E-state index contributed by atoms with van der Waals surface area (Å²) >= 11 is 1.46. The zero-order chi connectivity index (χ0) is 14.5. The van der Waals surface area contributed by atoms with Crippen molar-refractivity contribution in [3.8, 4) is 11.1 Å². The average molecular weight is 297 g/mol. The number of carbonyl (C=O) groups excluding carboxylic acids is 1. The van der Waals surface area contributed by atoms with E-state index in [0.29, 0.717) is 13.0 Å². The van der Waals surface area contributed by atoms with Gasteiger partial charge in [0.05, 0.1) is 4.88 Å². The van der Waals surface area contributed by atoms with E-state index in [0.717, 1.165) is 21.8 Å². The van der Waals surface area contributed by atoms with Crippen LogP contribution in [0.25, 0.3) is 11.1 Å². The highest BCUT2D eigenvalue weighted by Gasteiger charge is 2.14. The van der Waals surface area contributed by atoms with E-state index in [9.17, 15) is 4.79 Å². The number of H-pyrrole nitrogens is 1. The summed E-state index contributed by atoms with van der Waals surface area (Å²) < 4.78 is 0. The van der Waals surface area contributed by atoms with Crippen molar-refractivity contribution in [3.05, 3.63) is 64.9 Å². The van der Waals surface area contributed by atoms with Gasteiger partial charge in [0.15, 0.2) is 0 Å². The van der Waals surface area contributed by atoms with Crippen molar-refractivity contribution in [2.24, 2.45) is 0 Å². The molecule has 1 amide bonds. The zero-order valence-electron chi connectivity index (χ0n) is 11.4. The van der Waals surface area contributed by atoms with E-state index in [1.54, 1.807) is 12.4 Å². The Kier molecular flexibility index (Phi) is 4.12. The van der Waals surface area contributed by atoms with Crippen LogP contribution in [0.15, 0.2) is 54.2 Å². The van der Waals surface area contributed by atoms with Gasteiger partial charge in [-0.1, -0.05) is 30.3 Å². The topological polar surface area (TPSA) is 57.8 Å². The van der Waals surface area contributed by atoms with Crippen LogP contribution in [0.2, 0.25) is 0 Å². The van der Waals surface area contributed by atoms with Crippen LogP contribution in [0.5, 0.6) is 0 Å². The molecule has 0 fully saturated rings. The maximum absolute atomic E-state index is 12.3. The molecule has 0 aliphatic rings. The molecule has 106 valence electrons. The third-order valence-electron chi connectivity index (χ3n) is 3.16. The summed E-state index contributed by atoms with van der Waals surface area (Å²) in [6.07, 6.45) is 4.19. The van der Waals surface area contributed by atoms with Gasteiger partial charge in [0.1, 0.15) is 5.82 Å². The van der Waals surface area contributed by atoms with Crippen molar-refractivity contribution in [2.45, 2.75) is 6.42 Å². The number of aromatic amines is 1. The molecule has 3 rings (SSSR count). The summed E-state index contributed by atoms with van der Waals surface area (Å²) in [6.45, 7) is 0.568. The first-order valence-corrected chi connectivity index (χ1v) is 7.62. The quantitative estimate of drug-likeness (QED) is 0.760. The van der Waals surface area contributed by atoms with E-state index in [1.807, 2.05) is 41.8 Å². The molecule has 0 saturated carbocycles. The largest absolute Gasteiger partial charge is 0.351 e. The molecule has 2 aromatic heterocycles. The van der Waals surface area contributed by atoms with Crippen molar-refractivity contribution in [3.63, 3.8) is 0 Å². The standard InChI is InChI=1S/C16H15N3OS/c20-16(19-8-6-14-17-9-10-18-14)15-13(7-11-21-15)12-4-2-1-3-5-12/h1-5,7,9-11H,6,8H2,(H,17,18)(H,19,20). The van der Waals surface area contributed by atoms with Gasteiger partial charge < -0.3 is 10.3 Å². The van der Waals surface area contributed by atoms with Crippen LogP contribution >= 0.6 is 11.3 Å². The molecule has 0 spiro atoms. The molecule has 0 aliphatic carbocycles. The number of nitrogens with zero attached hydrogens (tertiary/aromatic N) is 1. The molecule has 4 nitrogen and oxygen atoms in total. The highest BCUT2D eigenvalue weighted by molar-refractivity contribution is 7.12. The second-order valence-electron chi connectivity index (χ2n) is 4.57. The number of amides is 1. The average Bonchev–Trinajstić information content (AvgIpc) is 3.19. The van der Waals surface area contributed by atoms with Gasteiger partial charge in [-0.2, -0.15) is 0 Å². The second-order valence-corrected chi connectivity index (χ2v) is 5.49. The molecule has 0 bridgehead atoms. The lowest BCUT2D eigenvalue weighted by atomic mass is 10.1. The van der Waals surface area contributed by atoms with E-state index in [-0.39, 0.29) is 5.91 Å². The minimum absolute atomic E-state index is 0.0320. The van der Waals surface area contributed by atoms with Gasteiger partial charge in [-0.15, -0.1) is 11.3 Å². The summed E-state index contributed by atoms with van der Waals surface area (Å²) in [7, 11) is 0. The highest BCUT2D eigenvalue weighted by atomic mass is 32.1. The summed E-state index contributed by atoms with van der Waals surface area (Å²) in [5, 5.41) is 4.89. The summed E-state index contributed by atoms with van der Waals surface area (Å²) in [6, 6.07) is 11.9. The van der Waals surface area contributed by atoms with Crippen molar-refractivity contribution in [1.82, 2.24) is 15.3 Å². The molecule has 5 heteroatoms. The van der Waals surface area contributed by atoms with Crippen molar-refractivity contribution >= 4 is 17.2 Å². The first-order valence-electron chi connectivity index (χ1n) is 6.74. The predicted molar refractivity (Wildman–Crippen MR) is 84.4 cm³/mol. The molecule has 0 atom stereocenters. The van der Waals surface area contributed by atoms with Gasteiger partial charge in [0.25, 0.3) is 5.91 Å². The fourth-order valence-corrected chi connectivity index (χ4v) is 2.97. The van der Waals surface area contributed by atoms with E-state index < -0.39 is 0 Å². The van der Waals surface area contributed by atoms with Gasteiger partial charge in [-0.25, -0.2) is 4.98 Å². The maximum Gasteiger partial charge on any atom is 0.262 e. The lowest BCUT2D eigenvalue weighted by Crippen LogP contribution is -2.25. The van der Waals surface area contributed by atoms with E-state index >= 15 is 0 Å². The van der Waals surface area contributed by atoms with Crippen LogP contribution in [0, 0.1) is 0 Å². The smallest absolute Gasteiger partial charge is 0.262 e. The number of hydrogen-bond donors (Lipinski definition) is 2. The van der Waals surface area contributed by atoms with Gasteiger partial charge >= 0.3 is 0 Å². The van der Waals surface area contributed by atoms with Gasteiger partial charge in [0, 0.05) is 30.9 Å². The van der Waals surface area contributed by atoms with Crippen LogP contribution in [-0.4, -0.2) is 22.4 Å². The van der Waals surface area contributed by atoms with Crippen molar-refractivity contribution in [2.75, 3.05) is 6.54 Å². The lowest BCUT2D eigenvalue weighted by Gasteiger charge is -2.05. The Hall–Kier alpha value is -2.40. The molecule has 1 aromatic carbocycles. The van der Waals surface area contributed by atoms with E-state index in [1.165, 1.54) is 11.3 Å². The summed E-state index contributed by atoms with van der Waals surface area (Å²) in [5.41, 5.74) is 2.05. The Bertz CT molecular complexity index is 704. The molecule has 2 N–H and O–H groups in total. The van der Waals surface area contributed by atoms with Crippen LogP contribution in [0.1, 0.15) is 15.5 Å². The third-order valence-corrected chi connectivity index (χ3v) is 4.07. The van der Waals surface area contributed by atoms with Gasteiger partial charge in [0.2, 0.25) is 0 Å². The van der Waals surface area contributed by atoms with Crippen molar-refractivity contribution in [1.29, 1.82) is 0 Å². The predicted octanol–water partition coefficient (Wildman–Crippen LogP) is 3.11. The minimum atomic E-state index is -0.0320. The Morgan fingerprint density at radius 2 is 2.10 bits per heavy atom. The molecule has 3 aromatic rings. The lowest BCUT2D eigenvalue weighted by molar-refractivity contribution is 0.0958. The van der Waals surface area contributed by atoms with Crippen LogP contribution in [0.4, 0.5) is 0 Å². The van der Waals surface area contributed by atoms with E-state index in [4.69, 9.17) is 0 Å². The fraction of sp³-hybridized carbons (Fsp3) is 0.125. The molecule has 0 unspecified atom stereocenters. The number of aromatic nitrogens is 2. The number of thiophene rings is 1. The highest BCUT2D eigenvalue weighted by Crippen LogP contribution is 2.27. The normalized spacial score (nSPS) is 10.5. The molecule has 0 saturated heterocycles. The summed E-state index contributed by atoms with van der Waals surface area (Å²) in [5.74, 6) is 0.847. The molecular formula is C16H15N3OS. The molecule has 21 heavy (non-hydrogen) atoms. The second kappa shape index (κ2) is 6.37. The number of nitrogens with one attached hydrogen (secondary N) is 2. The Balaban J connectivity index is 1.67. The molecule has 0 radical (unpaired) electrons. The van der Waals surface area contributed by atoms with Crippen LogP contribution < -0.4 is 5.32 Å². The number of benzene rings is 1. The fourth-order valence-electron chi connectivity index (χ4n) is 2.14. The molecule has 0 aliphatic heterocycles. The number of hydrogen-bond acceptors (Lipinski definition) is 3. The Morgan fingerprint density at radius 3 is 2.86 bits per heavy atom. The maximum atomic E-state index is 12.3. The molecular weight excluding hydrogens is 282 g/mol. The number of carbonyl (C=O) groups is 1. The minimum Gasteiger partial charge on any atom is -0.351 e. The van der Waals surface area contributed by atoms with E-state index in [2.05, 4.69) is 15.3 Å².